The summed E-state index contributed by atoms with van der Waals surface area (Å²) in [6, 6.07) is 5.36. The molecule has 1 aliphatic rings. The number of nitro groups is 1. The highest BCUT2D eigenvalue weighted by molar-refractivity contribution is 5.64. The second kappa shape index (κ2) is 6.89. The molecule has 0 saturated heterocycles. The Kier molecular flexibility index (Phi) is 5.17. The zero-order valence-corrected chi connectivity index (χ0v) is 12.8. The molecule has 5 nitrogen and oxygen atoms in total. The van der Waals surface area contributed by atoms with E-state index < -0.39 is 0 Å². The van der Waals surface area contributed by atoms with Crippen LogP contribution in [0.4, 0.5) is 11.4 Å². The third-order valence-electron chi connectivity index (χ3n) is 4.74. The maximum Gasteiger partial charge on any atom is 0.292 e. The Hall–Kier alpha value is -1.62. The van der Waals surface area contributed by atoms with Gasteiger partial charge < -0.3 is 10.0 Å². The van der Waals surface area contributed by atoms with Crippen molar-refractivity contribution < 1.29 is 10.0 Å². The minimum absolute atomic E-state index is 0.0849. The topological polar surface area (TPSA) is 66.6 Å². The van der Waals surface area contributed by atoms with Crippen molar-refractivity contribution in [3.05, 3.63) is 33.9 Å². The van der Waals surface area contributed by atoms with Crippen molar-refractivity contribution in [2.24, 2.45) is 5.92 Å². The largest absolute Gasteiger partial charge is 0.392 e. The van der Waals surface area contributed by atoms with E-state index in [0.717, 1.165) is 18.8 Å². The maximum atomic E-state index is 11.3. The Labute approximate surface area is 125 Å². The average molecular weight is 292 g/mol. The van der Waals surface area contributed by atoms with Gasteiger partial charge in [0.25, 0.3) is 5.69 Å². The monoisotopic (exact) mass is 292 g/mol. The Morgan fingerprint density at radius 3 is 2.52 bits per heavy atom. The maximum absolute atomic E-state index is 11.3. The van der Waals surface area contributed by atoms with Gasteiger partial charge in [0, 0.05) is 19.2 Å². The molecule has 5 heteroatoms. The first-order chi connectivity index (χ1) is 10.1. The first-order valence-corrected chi connectivity index (χ1v) is 7.67. The van der Waals surface area contributed by atoms with Gasteiger partial charge in [0.1, 0.15) is 5.69 Å². The van der Waals surface area contributed by atoms with Gasteiger partial charge in [-0.2, -0.15) is 0 Å². The van der Waals surface area contributed by atoms with Crippen molar-refractivity contribution in [3.8, 4) is 0 Å². The van der Waals surface area contributed by atoms with Crippen LogP contribution < -0.4 is 4.90 Å². The molecule has 1 saturated carbocycles. The minimum atomic E-state index is -0.358. The van der Waals surface area contributed by atoms with Gasteiger partial charge in [-0.25, -0.2) is 0 Å². The Morgan fingerprint density at radius 2 is 2.00 bits per heavy atom. The highest BCUT2D eigenvalue weighted by Crippen LogP contribution is 2.35. The number of hydrogen-bond acceptors (Lipinski definition) is 4. The molecule has 0 heterocycles. The lowest BCUT2D eigenvalue weighted by Crippen LogP contribution is -2.35. The number of nitrogens with zero attached hydrogens (tertiary/aromatic N) is 2. The van der Waals surface area contributed by atoms with Crippen molar-refractivity contribution in [1.82, 2.24) is 0 Å². The fourth-order valence-electron chi connectivity index (χ4n) is 3.25. The van der Waals surface area contributed by atoms with Crippen LogP contribution in [0.1, 0.15) is 44.6 Å². The number of aliphatic hydroxyl groups is 1. The van der Waals surface area contributed by atoms with Gasteiger partial charge in [-0.1, -0.05) is 19.4 Å². The number of anilines is 1. The van der Waals surface area contributed by atoms with E-state index in [-0.39, 0.29) is 17.2 Å². The second-order valence-electron chi connectivity index (χ2n) is 5.93. The number of hydrogen-bond donors (Lipinski definition) is 1. The van der Waals surface area contributed by atoms with Crippen LogP contribution in [0.2, 0.25) is 0 Å². The standard InChI is InChI=1S/C16H24N2O3/c1-3-12-4-7-14(8-5-12)17(2)15-9-6-13(11-19)10-16(15)18(20)21/h6,9-10,12,14,19H,3-5,7-8,11H2,1-2H3. The van der Waals surface area contributed by atoms with Gasteiger partial charge in [0.05, 0.1) is 11.5 Å². The highest BCUT2D eigenvalue weighted by atomic mass is 16.6. The molecular formula is C16H24N2O3. The Bertz CT molecular complexity index is 496. The van der Waals surface area contributed by atoms with Crippen LogP contribution in [0.25, 0.3) is 0 Å². The van der Waals surface area contributed by atoms with Crippen LogP contribution in [0.15, 0.2) is 18.2 Å². The van der Waals surface area contributed by atoms with Crippen molar-refractivity contribution in [2.75, 3.05) is 11.9 Å². The Balaban J connectivity index is 2.19. The lowest BCUT2D eigenvalue weighted by molar-refractivity contribution is -0.384. The summed E-state index contributed by atoms with van der Waals surface area (Å²) in [7, 11) is 1.94. The molecule has 0 bridgehead atoms. The van der Waals surface area contributed by atoms with Crippen molar-refractivity contribution >= 4 is 11.4 Å². The molecular weight excluding hydrogens is 268 g/mol. The lowest BCUT2D eigenvalue weighted by Gasteiger charge is -2.35. The lowest BCUT2D eigenvalue weighted by atomic mass is 9.84. The van der Waals surface area contributed by atoms with E-state index in [4.69, 9.17) is 5.11 Å². The molecule has 0 atom stereocenters. The third kappa shape index (κ3) is 3.53. The van der Waals surface area contributed by atoms with Gasteiger partial charge in [-0.3, -0.25) is 10.1 Å². The van der Waals surface area contributed by atoms with E-state index in [0.29, 0.717) is 17.3 Å². The number of aliphatic hydroxyl groups excluding tert-OH is 1. The zero-order chi connectivity index (χ0) is 15.4. The molecule has 0 aliphatic heterocycles. The van der Waals surface area contributed by atoms with E-state index in [1.165, 1.54) is 25.3 Å². The molecule has 0 amide bonds. The fourth-order valence-corrected chi connectivity index (χ4v) is 3.25. The summed E-state index contributed by atoms with van der Waals surface area (Å²) >= 11 is 0. The first-order valence-electron chi connectivity index (χ1n) is 7.67. The van der Waals surface area contributed by atoms with Gasteiger partial charge in [0.15, 0.2) is 0 Å². The van der Waals surface area contributed by atoms with Crippen LogP contribution in [0.3, 0.4) is 0 Å². The molecule has 116 valence electrons. The molecule has 0 spiro atoms. The molecule has 0 aromatic heterocycles. The molecule has 1 aromatic rings. The smallest absolute Gasteiger partial charge is 0.292 e. The number of nitro benzene ring substituents is 1. The molecule has 1 N–H and O–H groups in total. The van der Waals surface area contributed by atoms with Gasteiger partial charge in [-0.05, 0) is 43.2 Å². The van der Waals surface area contributed by atoms with E-state index in [9.17, 15) is 10.1 Å². The molecule has 0 unspecified atom stereocenters. The van der Waals surface area contributed by atoms with E-state index >= 15 is 0 Å². The summed E-state index contributed by atoms with van der Waals surface area (Å²) in [5.41, 5.74) is 1.31. The van der Waals surface area contributed by atoms with Crippen molar-refractivity contribution in [1.29, 1.82) is 0 Å². The normalized spacial score (nSPS) is 22.0. The van der Waals surface area contributed by atoms with Gasteiger partial charge >= 0.3 is 0 Å². The summed E-state index contributed by atoms with van der Waals surface area (Å²) in [6.07, 6.45) is 5.81. The second-order valence-corrected chi connectivity index (χ2v) is 5.93. The summed E-state index contributed by atoms with van der Waals surface area (Å²) in [5.74, 6) is 0.807. The third-order valence-corrected chi connectivity index (χ3v) is 4.74. The van der Waals surface area contributed by atoms with Crippen LogP contribution in [-0.2, 0) is 6.61 Å². The van der Waals surface area contributed by atoms with Crippen LogP contribution in [0.5, 0.6) is 0 Å². The number of benzene rings is 1. The molecule has 2 rings (SSSR count). The van der Waals surface area contributed by atoms with Crippen LogP contribution in [-0.4, -0.2) is 23.1 Å². The first kappa shape index (κ1) is 15.8. The highest BCUT2D eigenvalue weighted by Gasteiger charge is 2.27. The predicted octanol–water partition coefficient (Wildman–Crippen LogP) is 3.49. The summed E-state index contributed by atoms with van der Waals surface area (Å²) < 4.78 is 0. The minimum Gasteiger partial charge on any atom is -0.392 e. The Morgan fingerprint density at radius 1 is 1.33 bits per heavy atom. The zero-order valence-electron chi connectivity index (χ0n) is 12.8. The molecule has 1 aliphatic carbocycles. The van der Waals surface area contributed by atoms with Gasteiger partial charge in [-0.15, -0.1) is 0 Å². The molecule has 0 radical (unpaired) electrons. The average Bonchev–Trinajstić information content (AvgIpc) is 2.53. The summed E-state index contributed by atoms with van der Waals surface area (Å²) in [5, 5.41) is 20.4. The predicted molar refractivity (Wildman–Crippen MR) is 83.5 cm³/mol. The molecule has 1 aromatic carbocycles. The van der Waals surface area contributed by atoms with E-state index in [1.807, 2.05) is 11.9 Å². The van der Waals surface area contributed by atoms with E-state index in [1.54, 1.807) is 12.1 Å². The summed E-state index contributed by atoms with van der Waals surface area (Å²) in [6.45, 7) is 2.06. The SMILES string of the molecule is CCC1CCC(N(C)c2ccc(CO)cc2[N+](=O)[O-])CC1. The van der Waals surface area contributed by atoms with Crippen LogP contribution >= 0.6 is 0 Å². The summed E-state index contributed by atoms with van der Waals surface area (Å²) in [4.78, 5) is 13.0. The quantitative estimate of drug-likeness (QED) is 0.666. The molecule has 1 fully saturated rings. The van der Waals surface area contributed by atoms with Crippen molar-refractivity contribution in [3.63, 3.8) is 0 Å². The van der Waals surface area contributed by atoms with Gasteiger partial charge in [0.2, 0.25) is 0 Å². The fraction of sp³-hybridized carbons (Fsp3) is 0.625. The molecule has 21 heavy (non-hydrogen) atoms. The number of rotatable bonds is 5. The van der Waals surface area contributed by atoms with Crippen molar-refractivity contribution in [2.45, 2.75) is 51.7 Å². The van der Waals surface area contributed by atoms with E-state index in [2.05, 4.69) is 6.92 Å². The van der Waals surface area contributed by atoms with Crippen LogP contribution in [0, 0.1) is 16.0 Å².